The topological polar surface area (TPSA) is 97.1 Å². The molecule has 0 saturated carbocycles. The molecule has 0 spiro atoms. The number of aromatic carboxylic acids is 1. The van der Waals surface area contributed by atoms with Crippen molar-refractivity contribution in [3.05, 3.63) is 102 Å². The number of carboxylic acids is 1. The zero-order chi connectivity index (χ0) is 20.9. The van der Waals surface area contributed by atoms with Gasteiger partial charge in [0.25, 0.3) is 5.91 Å². The zero-order valence-corrected chi connectivity index (χ0v) is 15.9. The average Bonchev–Trinajstić information content (AvgIpc) is 3.29. The van der Waals surface area contributed by atoms with Crippen molar-refractivity contribution in [1.29, 1.82) is 0 Å². The van der Waals surface area contributed by atoms with Crippen LogP contribution in [0.1, 0.15) is 26.3 Å². The fraction of sp³-hybridized carbons (Fsp3) is 0.0435. The Morgan fingerprint density at radius 2 is 1.60 bits per heavy atom. The summed E-state index contributed by atoms with van der Waals surface area (Å²) in [7, 11) is 0. The van der Waals surface area contributed by atoms with Crippen molar-refractivity contribution >= 4 is 11.9 Å². The number of amides is 1. The molecule has 0 atom stereocenters. The van der Waals surface area contributed by atoms with Crippen molar-refractivity contribution in [2.75, 3.05) is 0 Å². The lowest BCUT2D eigenvalue weighted by Crippen LogP contribution is -2.23. The minimum Gasteiger partial charge on any atom is -0.478 e. The standard InChI is InChI=1S/C23H18N4O3/c28-22(19-10-11-21(24-13-19)27-15-20(14-26-27)23(29)30)25-12-16-6-8-18(9-7-16)17-4-2-1-3-5-17/h1-11,13-15H,12H2,(H,25,28)(H,29,30). The molecule has 2 N–H and O–H groups in total. The van der Waals surface area contributed by atoms with Gasteiger partial charge in [0.2, 0.25) is 0 Å². The van der Waals surface area contributed by atoms with Gasteiger partial charge in [0.15, 0.2) is 5.82 Å². The second-order valence-corrected chi connectivity index (χ2v) is 6.63. The second kappa shape index (κ2) is 8.40. The van der Waals surface area contributed by atoms with Crippen molar-refractivity contribution in [3.8, 4) is 16.9 Å². The average molecular weight is 398 g/mol. The van der Waals surface area contributed by atoms with Crippen molar-refractivity contribution < 1.29 is 14.7 Å². The number of nitrogens with zero attached hydrogens (tertiary/aromatic N) is 3. The summed E-state index contributed by atoms with van der Waals surface area (Å²) in [6.45, 7) is 0.400. The Bertz CT molecular complexity index is 1170. The molecule has 0 saturated heterocycles. The highest BCUT2D eigenvalue weighted by Gasteiger charge is 2.10. The highest BCUT2D eigenvalue weighted by molar-refractivity contribution is 5.93. The van der Waals surface area contributed by atoms with Crippen LogP contribution in [0.25, 0.3) is 16.9 Å². The van der Waals surface area contributed by atoms with Gasteiger partial charge in [0.05, 0.1) is 17.3 Å². The predicted molar refractivity (Wildman–Crippen MR) is 111 cm³/mol. The molecule has 0 radical (unpaired) electrons. The molecule has 0 aliphatic heterocycles. The smallest absolute Gasteiger partial charge is 0.338 e. The van der Waals surface area contributed by atoms with Crippen molar-refractivity contribution in [1.82, 2.24) is 20.1 Å². The Balaban J connectivity index is 1.37. The van der Waals surface area contributed by atoms with Gasteiger partial charge in [0.1, 0.15) is 0 Å². The molecular weight excluding hydrogens is 380 g/mol. The summed E-state index contributed by atoms with van der Waals surface area (Å²) in [6, 6.07) is 21.4. The second-order valence-electron chi connectivity index (χ2n) is 6.63. The molecule has 0 bridgehead atoms. The molecular formula is C23H18N4O3. The first-order valence-corrected chi connectivity index (χ1v) is 9.27. The van der Waals surface area contributed by atoms with E-state index in [1.165, 1.54) is 23.3 Å². The Kier molecular flexibility index (Phi) is 5.34. The molecule has 7 heteroatoms. The van der Waals surface area contributed by atoms with E-state index in [2.05, 4.69) is 27.5 Å². The molecule has 30 heavy (non-hydrogen) atoms. The first-order valence-electron chi connectivity index (χ1n) is 9.27. The van der Waals surface area contributed by atoms with Crippen LogP contribution in [0, 0.1) is 0 Å². The summed E-state index contributed by atoms with van der Waals surface area (Å²) in [6.07, 6.45) is 4.04. The third-order valence-corrected chi connectivity index (χ3v) is 4.59. The Hall–Kier alpha value is -4.26. The van der Waals surface area contributed by atoms with E-state index in [1.807, 2.05) is 42.5 Å². The molecule has 4 aromatic rings. The van der Waals surface area contributed by atoms with Crippen LogP contribution in [0.5, 0.6) is 0 Å². The zero-order valence-electron chi connectivity index (χ0n) is 15.9. The fourth-order valence-electron chi connectivity index (χ4n) is 2.94. The maximum atomic E-state index is 12.4. The van der Waals surface area contributed by atoms with E-state index in [4.69, 9.17) is 5.11 Å². The van der Waals surface area contributed by atoms with Gasteiger partial charge < -0.3 is 10.4 Å². The van der Waals surface area contributed by atoms with E-state index >= 15 is 0 Å². The van der Waals surface area contributed by atoms with Gasteiger partial charge in [-0.05, 0) is 28.8 Å². The number of hydrogen-bond donors (Lipinski definition) is 2. The number of carbonyl (C=O) groups is 2. The van der Waals surface area contributed by atoms with Gasteiger partial charge >= 0.3 is 5.97 Å². The third kappa shape index (κ3) is 4.25. The quantitative estimate of drug-likeness (QED) is 0.518. The van der Waals surface area contributed by atoms with Crippen LogP contribution >= 0.6 is 0 Å². The normalized spacial score (nSPS) is 10.5. The first kappa shape index (κ1) is 19.1. The third-order valence-electron chi connectivity index (χ3n) is 4.59. The van der Waals surface area contributed by atoms with Crippen LogP contribution in [-0.4, -0.2) is 31.7 Å². The van der Waals surface area contributed by atoms with Crippen LogP contribution in [0.2, 0.25) is 0 Å². The molecule has 148 valence electrons. The summed E-state index contributed by atoms with van der Waals surface area (Å²) >= 11 is 0. The van der Waals surface area contributed by atoms with Crippen LogP contribution < -0.4 is 5.32 Å². The number of pyridine rings is 1. The highest BCUT2D eigenvalue weighted by atomic mass is 16.4. The number of rotatable bonds is 6. The predicted octanol–water partition coefficient (Wildman–Crippen LogP) is 3.56. The molecule has 2 aromatic heterocycles. The maximum Gasteiger partial charge on any atom is 0.338 e. The molecule has 7 nitrogen and oxygen atoms in total. The van der Waals surface area contributed by atoms with Gasteiger partial charge in [-0.1, -0.05) is 54.6 Å². The lowest BCUT2D eigenvalue weighted by molar-refractivity contribution is 0.0696. The number of carbonyl (C=O) groups excluding carboxylic acids is 1. The fourth-order valence-corrected chi connectivity index (χ4v) is 2.94. The molecule has 1 amide bonds. The van der Waals surface area contributed by atoms with E-state index in [-0.39, 0.29) is 11.5 Å². The first-order chi connectivity index (χ1) is 14.6. The molecule has 0 unspecified atom stereocenters. The Morgan fingerprint density at radius 3 is 2.23 bits per heavy atom. The molecule has 4 rings (SSSR count). The monoisotopic (exact) mass is 398 g/mol. The number of benzene rings is 2. The van der Waals surface area contributed by atoms with Gasteiger partial charge in [-0.2, -0.15) is 5.10 Å². The Labute approximate surface area is 172 Å². The maximum absolute atomic E-state index is 12.4. The van der Waals surface area contributed by atoms with E-state index in [0.29, 0.717) is 17.9 Å². The van der Waals surface area contributed by atoms with E-state index in [9.17, 15) is 9.59 Å². The minimum absolute atomic E-state index is 0.0666. The van der Waals surface area contributed by atoms with E-state index < -0.39 is 5.97 Å². The largest absolute Gasteiger partial charge is 0.478 e. The molecule has 0 aliphatic rings. The number of nitrogens with one attached hydrogen (secondary N) is 1. The lowest BCUT2D eigenvalue weighted by atomic mass is 10.0. The van der Waals surface area contributed by atoms with Crippen LogP contribution in [0.15, 0.2) is 85.3 Å². The van der Waals surface area contributed by atoms with Crippen LogP contribution in [0.3, 0.4) is 0 Å². The number of hydrogen-bond acceptors (Lipinski definition) is 4. The number of aromatic nitrogens is 3. The van der Waals surface area contributed by atoms with Gasteiger partial charge in [-0.25, -0.2) is 14.5 Å². The SMILES string of the molecule is O=C(O)c1cnn(-c2ccc(C(=O)NCc3ccc(-c4ccccc4)cc3)cn2)c1. The van der Waals surface area contributed by atoms with Gasteiger partial charge in [-0.3, -0.25) is 4.79 Å². The van der Waals surface area contributed by atoms with E-state index in [0.717, 1.165) is 16.7 Å². The van der Waals surface area contributed by atoms with Crippen molar-refractivity contribution in [3.63, 3.8) is 0 Å². The van der Waals surface area contributed by atoms with E-state index in [1.54, 1.807) is 12.1 Å². The number of carboxylic acid groups (broad SMARTS) is 1. The Morgan fingerprint density at radius 1 is 0.867 bits per heavy atom. The summed E-state index contributed by atoms with van der Waals surface area (Å²) in [5.41, 5.74) is 3.73. The van der Waals surface area contributed by atoms with Gasteiger partial charge in [0, 0.05) is 18.9 Å². The van der Waals surface area contributed by atoms with Crippen molar-refractivity contribution in [2.45, 2.75) is 6.54 Å². The summed E-state index contributed by atoms with van der Waals surface area (Å²) in [4.78, 5) is 27.5. The molecule has 2 aromatic carbocycles. The molecule has 0 fully saturated rings. The summed E-state index contributed by atoms with van der Waals surface area (Å²) in [5, 5.41) is 15.8. The van der Waals surface area contributed by atoms with Gasteiger partial charge in [-0.15, -0.1) is 0 Å². The lowest BCUT2D eigenvalue weighted by Gasteiger charge is -2.07. The van der Waals surface area contributed by atoms with Crippen LogP contribution in [-0.2, 0) is 6.54 Å². The minimum atomic E-state index is -1.06. The highest BCUT2D eigenvalue weighted by Crippen LogP contribution is 2.19. The van der Waals surface area contributed by atoms with Crippen molar-refractivity contribution in [2.24, 2.45) is 0 Å². The summed E-state index contributed by atoms with van der Waals surface area (Å²) < 4.78 is 1.35. The summed E-state index contributed by atoms with van der Waals surface area (Å²) in [5.74, 6) is -0.877. The molecule has 0 aliphatic carbocycles. The van der Waals surface area contributed by atoms with Crippen LogP contribution in [0.4, 0.5) is 0 Å². The molecule has 2 heterocycles.